The molecular formula is C23H28N4O4. The van der Waals surface area contributed by atoms with Crippen LogP contribution in [0, 0.1) is 0 Å². The van der Waals surface area contributed by atoms with Crippen LogP contribution in [0.25, 0.3) is 0 Å². The Morgan fingerprint density at radius 3 is 2.55 bits per heavy atom. The molecule has 2 aromatic carbocycles. The fourth-order valence-electron chi connectivity index (χ4n) is 3.90. The second kappa shape index (κ2) is 9.70. The minimum atomic E-state index is -0.205. The molecule has 0 saturated carbocycles. The first-order chi connectivity index (χ1) is 15.1. The van der Waals surface area contributed by atoms with Gasteiger partial charge in [0.05, 0.1) is 12.8 Å². The van der Waals surface area contributed by atoms with Crippen LogP contribution in [0.15, 0.2) is 48.5 Å². The van der Waals surface area contributed by atoms with E-state index in [1.165, 1.54) is 10.6 Å². The van der Waals surface area contributed by atoms with Gasteiger partial charge in [-0.1, -0.05) is 12.1 Å². The molecule has 0 aromatic heterocycles. The number of benzene rings is 2. The molecule has 31 heavy (non-hydrogen) atoms. The van der Waals surface area contributed by atoms with Crippen molar-refractivity contribution in [3.63, 3.8) is 0 Å². The lowest BCUT2D eigenvalue weighted by Gasteiger charge is -2.36. The number of methoxy groups -OCH3 is 1. The van der Waals surface area contributed by atoms with Crippen molar-refractivity contribution >= 4 is 23.2 Å². The largest absolute Gasteiger partial charge is 0.497 e. The van der Waals surface area contributed by atoms with E-state index in [4.69, 9.17) is 9.47 Å². The summed E-state index contributed by atoms with van der Waals surface area (Å²) in [6.45, 7) is 5.08. The molecule has 2 aliphatic heterocycles. The van der Waals surface area contributed by atoms with Crippen LogP contribution in [-0.4, -0.2) is 76.2 Å². The molecule has 0 radical (unpaired) electrons. The summed E-state index contributed by atoms with van der Waals surface area (Å²) in [7, 11) is 1.67. The van der Waals surface area contributed by atoms with E-state index < -0.39 is 0 Å². The molecule has 1 saturated heterocycles. The number of hydrogen-bond donors (Lipinski definition) is 1. The minimum absolute atomic E-state index is 0.00442. The molecule has 0 spiro atoms. The van der Waals surface area contributed by atoms with Gasteiger partial charge < -0.3 is 19.7 Å². The molecule has 2 heterocycles. The maximum Gasteiger partial charge on any atom is 0.265 e. The zero-order chi connectivity index (χ0) is 21.6. The Labute approximate surface area is 182 Å². The lowest BCUT2D eigenvalue weighted by atomic mass is 10.2. The van der Waals surface area contributed by atoms with Crippen LogP contribution in [-0.2, 0) is 9.59 Å². The van der Waals surface area contributed by atoms with Crippen LogP contribution in [0.4, 0.5) is 11.4 Å². The number of carbonyl (C=O) groups excluding carboxylic acids is 2. The Morgan fingerprint density at radius 1 is 1.06 bits per heavy atom. The van der Waals surface area contributed by atoms with Gasteiger partial charge >= 0.3 is 0 Å². The number of hydrogen-bond acceptors (Lipinski definition) is 6. The third-order valence-corrected chi connectivity index (χ3v) is 5.67. The van der Waals surface area contributed by atoms with E-state index in [0.29, 0.717) is 18.0 Å². The van der Waals surface area contributed by atoms with Crippen LogP contribution in [0.1, 0.15) is 0 Å². The second-order valence-corrected chi connectivity index (χ2v) is 7.61. The van der Waals surface area contributed by atoms with Gasteiger partial charge in [-0.25, -0.2) is 0 Å². The summed E-state index contributed by atoms with van der Waals surface area (Å²) in [6, 6.07) is 15.4. The number of anilines is 2. The molecule has 2 aliphatic rings. The van der Waals surface area contributed by atoms with Gasteiger partial charge in [-0.05, 0) is 36.4 Å². The number of piperazine rings is 1. The number of rotatable bonds is 7. The van der Waals surface area contributed by atoms with Crippen LogP contribution < -0.4 is 24.6 Å². The number of fused-ring (bicyclic) bond motifs is 1. The maximum atomic E-state index is 12.4. The first-order valence-corrected chi connectivity index (χ1v) is 10.5. The summed E-state index contributed by atoms with van der Waals surface area (Å²) in [5, 5.41) is 2.94. The van der Waals surface area contributed by atoms with Crippen molar-refractivity contribution in [1.82, 2.24) is 10.2 Å². The van der Waals surface area contributed by atoms with E-state index in [-0.39, 0.29) is 25.0 Å². The average molecular weight is 425 g/mol. The summed E-state index contributed by atoms with van der Waals surface area (Å²) in [5.41, 5.74) is 1.84. The highest BCUT2D eigenvalue weighted by Crippen LogP contribution is 2.31. The molecule has 0 bridgehead atoms. The molecular weight excluding hydrogens is 396 g/mol. The van der Waals surface area contributed by atoms with Gasteiger partial charge in [0.25, 0.3) is 5.91 Å². The molecule has 1 fully saturated rings. The number of ether oxygens (including phenoxy) is 2. The van der Waals surface area contributed by atoms with Crippen molar-refractivity contribution in [3.8, 4) is 11.5 Å². The normalized spacial score (nSPS) is 16.5. The van der Waals surface area contributed by atoms with E-state index in [1.54, 1.807) is 19.2 Å². The highest BCUT2D eigenvalue weighted by atomic mass is 16.5. The van der Waals surface area contributed by atoms with E-state index in [2.05, 4.69) is 27.2 Å². The first kappa shape index (κ1) is 21.0. The Bertz CT molecular complexity index is 910. The fourth-order valence-corrected chi connectivity index (χ4v) is 3.90. The number of nitrogens with zero attached hydrogens (tertiary/aromatic N) is 3. The molecule has 8 nitrogen and oxygen atoms in total. The molecule has 2 aromatic rings. The van der Waals surface area contributed by atoms with Crippen LogP contribution >= 0.6 is 0 Å². The van der Waals surface area contributed by atoms with E-state index >= 15 is 0 Å². The zero-order valence-electron chi connectivity index (χ0n) is 17.8. The van der Waals surface area contributed by atoms with Gasteiger partial charge in [-0.3, -0.25) is 19.4 Å². The van der Waals surface area contributed by atoms with Gasteiger partial charge in [0, 0.05) is 45.0 Å². The van der Waals surface area contributed by atoms with Crippen molar-refractivity contribution in [2.45, 2.75) is 0 Å². The van der Waals surface area contributed by atoms with Gasteiger partial charge in [0.1, 0.15) is 18.0 Å². The topological polar surface area (TPSA) is 74.4 Å². The highest BCUT2D eigenvalue weighted by molar-refractivity contribution is 6.02. The Kier molecular flexibility index (Phi) is 6.57. The fraction of sp³-hybridized carbons (Fsp3) is 0.391. The van der Waals surface area contributed by atoms with Crippen molar-refractivity contribution in [3.05, 3.63) is 48.5 Å². The molecule has 0 aliphatic carbocycles. The Morgan fingerprint density at radius 2 is 1.81 bits per heavy atom. The van der Waals surface area contributed by atoms with Gasteiger partial charge in [0.15, 0.2) is 6.61 Å². The summed E-state index contributed by atoms with van der Waals surface area (Å²) < 4.78 is 10.6. The Balaban J connectivity index is 1.20. The smallest absolute Gasteiger partial charge is 0.265 e. The second-order valence-electron chi connectivity index (χ2n) is 7.61. The van der Waals surface area contributed by atoms with Gasteiger partial charge in [-0.15, -0.1) is 0 Å². The number of para-hydroxylation sites is 2. The van der Waals surface area contributed by atoms with Crippen LogP contribution in [0.2, 0.25) is 0 Å². The summed E-state index contributed by atoms with van der Waals surface area (Å²) in [5.74, 6) is 1.12. The third kappa shape index (κ3) is 5.08. The molecule has 4 rings (SSSR count). The number of carbonyl (C=O) groups is 2. The molecule has 8 heteroatoms. The SMILES string of the molecule is COc1ccc(N2CCN(CCNC(=O)CN3C(=O)COc4ccccc43)CC2)cc1. The van der Waals surface area contributed by atoms with Crippen LogP contribution in [0.5, 0.6) is 11.5 Å². The minimum Gasteiger partial charge on any atom is -0.497 e. The van der Waals surface area contributed by atoms with Crippen molar-refractivity contribution in [2.75, 3.05) is 69.3 Å². The average Bonchev–Trinajstić information content (AvgIpc) is 2.81. The first-order valence-electron chi connectivity index (χ1n) is 10.5. The molecule has 0 atom stereocenters. The lowest BCUT2D eigenvalue weighted by Crippen LogP contribution is -2.49. The standard InChI is InChI=1S/C23H28N4O4/c1-30-19-8-6-18(7-9-19)26-14-12-25(13-15-26)11-10-24-22(28)16-27-20-4-2-3-5-21(20)31-17-23(27)29/h2-9H,10-17H2,1H3,(H,24,28). The molecule has 0 unspecified atom stereocenters. The van der Waals surface area contributed by atoms with E-state index in [0.717, 1.165) is 38.5 Å². The summed E-state index contributed by atoms with van der Waals surface area (Å²) in [4.78, 5) is 30.8. The van der Waals surface area contributed by atoms with Gasteiger partial charge in [0.2, 0.25) is 5.91 Å². The van der Waals surface area contributed by atoms with E-state index in [9.17, 15) is 9.59 Å². The van der Waals surface area contributed by atoms with Crippen LogP contribution in [0.3, 0.4) is 0 Å². The van der Waals surface area contributed by atoms with Crippen molar-refractivity contribution in [1.29, 1.82) is 0 Å². The summed E-state index contributed by atoms with van der Waals surface area (Å²) >= 11 is 0. The van der Waals surface area contributed by atoms with Crippen molar-refractivity contribution in [2.24, 2.45) is 0 Å². The number of nitrogens with one attached hydrogen (secondary N) is 1. The molecule has 1 N–H and O–H groups in total. The summed E-state index contributed by atoms with van der Waals surface area (Å²) in [6.07, 6.45) is 0. The monoisotopic (exact) mass is 424 g/mol. The zero-order valence-corrected chi connectivity index (χ0v) is 17.8. The molecule has 2 amide bonds. The Hall–Kier alpha value is -3.26. The quantitative estimate of drug-likeness (QED) is 0.724. The predicted octanol–water partition coefficient (Wildman–Crippen LogP) is 1.36. The number of amides is 2. The maximum absolute atomic E-state index is 12.4. The van der Waals surface area contributed by atoms with E-state index in [1.807, 2.05) is 24.3 Å². The molecule has 164 valence electrons. The third-order valence-electron chi connectivity index (χ3n) is 5.67. The highest BCUT2D eigenvalue weighted by Gasteiger charge is 2.27. The van der Waals surface area contributed by atoms with Gasteiger partial charge in [-0.2, -0.15) is 0 Å². The predicted molar refractivity (Wildman–Crippen MR) is 119 cm³/mol. The lowest BCUT2D eigenvalue weighted by molar-refractivity contribution is -0.125. The van der Waals surface area contributed by atoms with Crippen molar-refractivity contribution < 1.29 is 19.1 Å².